The Morgan fingerprint density at radius 2 is 1.84 bits per heavy atom. The fourth-order valence-corrected chi connectivity index (χ4v) is 2.73. The van der Waals surface area contributed by atoms with Crippen molar-refractivity contribution in [3.05, 3.63) is 35.4 Å². The fraction of sp³-hybridized carbons (Fsp3) is 0.647. The Morgan fingerprint density at radius 3 is 2.58 bits per heavy atom. The van der Waals surface area contributed by atoms with Crippen molar-refractivity contribution >= 4 is 0 Å². The van der Waals surface area contributed by atoms with E-state index in [1.54, 1.807) is 0 Å². The highest BCUT2D eigenvalue weighted by Gasteiger charge is 2.15. The van der Waals surface area contributed by atoms with Gasteiger partial charge in [-0.3, -0.25) is 0 Å². The van der Waals surface area contributed by atoms with E-state index in [0.717, 1.165) is 26.1 Å². The van der Waals surface area contributed by atoms with Crippen molar-refractivity contribution in [2.24, 2.45) is 0 Å². The first kappa shape index (κ1) is 14.5. The van der Waals surface area contributed by atoms with Crippen LogP contribution in [0.15, 0.2) is 24.3 Å². The average molecular weight is 261 g/mol. The second-order valence-corrected chi connectivity index (χ2v) is 5.49. The third-order valence-corrected chi connectivity index (χ3v) is 3.89. The molecule has 0 bridgehead atoms. The van der Waals surface area contributed by atoms with Crippen LogP contribution in [0.4, 0.5) is 0 Å². The van der Waals surface area contributed by atoms with Crippen LogP contribution in [0.25, 0.3) is 0 Å². The number of rotatable bonds is 8. The molecule has 0 saturated heterocycles. The van der Waals surface area contributed by atoms with Gasteiger partial charge < -0.3 is 10.1 Å². The van der Waals surface area contributed by atoms with Crippen LogP contribution >= 0.6 is 0 Å². The maximum atomic E-state index is 6.04. The van der Waals surface area contributed by atoms with Gasteiger partial charge >= 0.3 is 0 Å². The van der Waals surface area contributed by atoms with E-state index < -0.39 is 0 Å². The van der Waals surface area contributed by atoms with Crippen molar-refractivity contribution in [3.63, 3.8) is 0 Å². The standard InChI is InChI=1S/C17H27NO/c1-2-12-18-13-11-15-7-3-4-8-16(15)14-19-17-9-5-6-10-17/h3-4,7-8,17-18H,2,5-6,9-14H2,1H3. The highest BCUT2D eigenvalue weighted by Crippen LogP contribution is 2.22. The van der Waals surface area contributed by atoms with Crippen LogP contribution in [-0.2, 0) is 17.8 Å². The van der Waals surface area contributed by atoms with Gasteiger partial charge in [0.1, 0.15) is 0 Å². The molecule has 19 heavy (non-hydrogen) atoms. The molecule has 1 aliphatic carbocycles. The molecule has 0 amide bonds. The number of hydrogen-bond acceptors (Lipinski definition) is 2. The van der Waals surface area contributed by atoms with Crippen molar-refractivity contribution in [1.82, 2.24) is 5.32 Å². The van der Waals surface area contributed by atoms with Gasteiger partial charge in [0.25, 0.3) is 0 Å². The number of benzene rings is 1. The Labute approximate surface area is 117 Å². The van der Waals surface area contributed by atoms with E-state index in [1.165, 1.54) is 43.2 Å². The molecule has 1 aromatic carbocycles. The molecule has 1 N–H and O–H groups in total. The lowest BCUT2D eigenvalue weighted by Crippen LogP contribution is -2.18. The quantitative estimate of drug-likeness (QED) is 0.721. The second-order valence-electron chi connectivity index (χ2n) is 5.49. The van der Waals surface area contributed by atoms with Gasteiger partial charge in [-0.25, -0.2) is 0 Å². The lowest BCUT2D eigenvalue weighted by Gasteiger charge is -2.14. The van der Waals surface area contributed by atoms with E-state index in [1.807, 2.05) is 0 Å². The lowest BCUT2D eigenvalue weighted by atomic mass is 10.1. The minimum absolute atomic E-state index is 0.506. The third-order valence-electron chi connectivity index (χ3n) is 3.89. The van der Waals surface area contributed by atoms with Gasteiger partial charge in [-0.15, -0.1) is 0 Å². The molecule has 2 rings (SSSR count). The summed E-state index contributed by atoms with van der Waals surface area (Å²) in [6.45, 7) is 5.17. The highest BCUT2D eigenvalue weighted by atomic mass is 16.5. The molecule has 0 aromatic heterocycles. The summed E-state index contributed by atoms with van der Waals surface area (Å²) >= 11 is 0. The third kappa shape index (κ3) is 4.96. The monoisotopic (exact) mass is 261 g/mol. The van der Waals surface area contributed by atoms with Gasteiger partial charge in [0, 0.05) is 0 Å². The summed E-state index contributed by atoms with van der Waals surface area (Å²) in [5.41, 5.74) is 2.80. The molecule has 0 unspecified atom stereocenters. The molecule has 0 radical (unpaired) electrons. The largest absolute Gasteiger partial charge is 0.374 e. The predicted octanol–water partition coefficient (Wildman–Crippen LogP) is 3.69. The second kappa shape index (κ2) is 8.34. The van der Waals surface area contributed by atoms with E-state index >= 15 is 0 Å². The molecule has 0 spiro atoms. The van der Waals surface area contributed by atoms with Crippen LogP contribution < -0.4 is 5.32 Å². The molecule has 0 heterocycles. The van der Waals surface area contributed by atoms with Crippen LogP contribution in [0.1, 0.15) is 50.2 Å². The summed E-state index contributed by atoms with van der Waals surface area (Å²) in [5.74, 6) is 0. The van der Waals surface area contributed by atoms with Gasteiger partial charge in [-0.1, -0.05) is 44.0 Å². The van der Waals surface area contributed by atoms with Gasteiger partial charge in [0.05, 0.1) is 12.7 Å². The number of ether oxygens (including phenoxy) is 1. The van der Waals surface area contributed by atoms with Crippen LogP contribution in [0.3, 0.4) is 0 Å². The first-order valence-electron chi connectivity index (χ1n) is 7.79. The van der Waals surface area contributed by atoms with Gasteiger partial charge in [0.15, 0.2) is 0 Å². The minimum atomic E-state index is 0.506. The zero-order chi connectivity index (χ0) is 13.3. The van der Waals surface area contributed by atoms with Gasteiger partial charge in [0.2, 0.25) is 0 Å². The predicted molar refractivity (Wildman–Crippen MR) is 80.4 cm³/mol. The van der Waals surface area contributed by atoms with Crippen molar-refractivity contribution in [3.8, 4) is 0 Å². The van der Waals surface area contributed by atoms with Crippen LogP contribution in [-0.4, -0.2) is 19.2 Å². The normalized spacial score (nSPS) is 16.1. The molecule has 1 fully saturated rings. The SMILES string of the molecule is CCCNCCc1ccccc1COC1CCCC1. The number of hydrogen-bond donors (Lipinski definition) is 1. The summed E-state index contributed by atoms with van der Waals surface area (Å²) in [6, 6.07) is 8.70. The Balaban J connectivity index is 1.80. The maximum absolute atomic E-state index is 6.04. The van der Waals surface area contributed by atoms with Crippen molar-refractivity contribution in [2.45, 2.75) is 58.2 Å². The molecule has 106 valence electrons. The van der Waals surface area contributed by atoms with E-state index in [2.05, 4.69) is 36.5 Å². The molecule has 2 nitrogen and oxygen atoms in total. The summed E-state index contributed by atoms with van der Waals surface area (Å²) in [7, 11) is 0. The van der Waals surface area contributed by atoms with Crippen molar-refractivity contribution < 1.29 is 4.74 Å². The molecule has 0 atom stereocenters. The Bertz CT molecular complexity index is 358. The molecule has 1 aromatic rings. The van der Waals surface area contributed by atoms with E-state index in [-0.39, 0.29) is 0 Å². The van der Waals surface area contributed by atoms with Crippen molar-refractivity contribution in [2.75, 3.05) is 13.1 Å². The van der Waals surface area contributed by atoms with Crippen LogP contribution in [0, 0.1) is 0 Å². The van der Waals surface area contributed by atoms with E-state index in [9.17, 15) is 0 Å². The first-order valence-corrected chi connectivity index (χ1v) is 7.79. The van der Waals surface area contributed by atoms with E-state index in [0.29, 0.717) is 6.10 Å². The fourth-order valence-electron chi connectivity index (χ4n) is 2.73. The summed E-state index contributed by atoms with van der Waals surface area (Å²) in [5, 5.41) is 3.47. The Kier molecular flexibility index (Phi) is 6.38. The van der Waals surface area contributed by atoms with Gasteiger partial charge in [-0.2, -0.15) is 0 Å². The van der Waals surface area contributed by atoms with E-state index in [4.69, 9.17) is 4.74 Å². The zero-order valence-electron chi connectivity index (χ0n) is 12.2. The summed E-state index contributed by atoms with van der Waals surface area (Å²) < 4.78 is 6.04. The minimum Gasteiger partial charge on any atom is -0.374 e. The summed E-state index contributed by atoms with van der Waals surface area (Å²) in [4.78, 5) is 0. The zero-order valence-corrected chi connectivity index (χ0v) is 12.2. The highest BCUT2D eigenvalue weighted by molar-refractivity contribution is 5.26. The van der Waals surface area contributed by atoms with Crippen LogP contribution in [0.5, 0.6) is 0 Å². The maximum Gasteiger partial charge on any atom is 0.0723 e. The topological polar surface area (TPSA) is 21.3 Å². The lowest BCUT2D eigenvalue weighted by molar-refractivity contribution is 0.0453. The Hall–Kier alpha value is -0.860. The molecular weight excluding hydrogens is 234 g/mol. The average Bonchev–Trinajstić information content (AvgIpc) is 2.96. The molecule has 2 heteroatoms. The molecule has 1 aliphatic rings. The van der Waals surface area contributed by atoms with Crippen LogP contribution in [0.2, 0.25) is 0 Å². The van der Waals surface area contributed by atoms with Crippen molar-refractivity contribution in [1.29, 1.82) is 0 Å². The molecule has 1 saturated carbocycles. The first-order chi connectivity index (χ1) is 9.40. The summed E-state index contributed by atoms with van der Waals surface area (Å²) in [6.07, 6.45) is 7.99. The molecule has 0 aliphatic heterocycles. The number of nitrogens with one attached hydrogen (secondary N) is 1. The Morgan fingerprint density at radius 1 is 1.11 bits per heavy atom. The van der Waals surface area contributed by atoms with Gasteiger partial charge in [-0.05, 0) is 49.9 Å². The molecular formula is C17H27NO. The smallest absolute Gasteiger partial charge is 0.0723 e.